The van der Waals surface area contributed by atoms with Crippen LogP contribution in [0.1, 0.15) is 42.4 Å². The Morgan fingerprint density at radius 2 is 1.50 bits per heavy atom. The molecule has 0 aliphatic heterocycles. The van der Waals surface area contributed by atoms with E-state index >= 15 is 0 Å². The molecule has 0 heterocycles. The summed E-state index contributed by atoms with van der Waals surface area (Å²) in [6, 6.07) is 25.1. The summed E-state index contributed by atoms with van der Waals surface area (Å²) in [6.07, 6.45) is 0.771. The third-order valence-corrected chi connectivity index (χ3v) is 5.98. The van der Waals surface area contributed by atoms with Crippen molar-refractivity contribution in [2.24, 2.45) is 11.5 Å². The van der Waals surface area contributed by atoms with E-state index in [-0.39, 0.29) is 30.6 Å². The summed E-state index contributed by atoms with van der Waals surface area (Å²) in [5.74, 6) is -1.65. The molecular weight excluding hydrogens is 454 g/mol. The number of rotatable bonds is 10. The maximum absolute atomic E-state index is 14.2. The molecule has 3 rings (SSSR count). The van der Waals surface area contributed by atoms with Gasteiger partial charge in [-0.15, -0.1) is 0 Å². The molecule has 1 unspecified atom stereocenters. The second-order valence-corrected chi connectivity index (χ2v) is 9.01. The molecule has 7 N–H and O–H groups in total. The standard InChI is InChI=1S/C28H33N5O3/c1-28(31,17-8-18-32-27(29)30)26(36)33(19-20-13-15-23(34)16-14-20)25(35)24(21-9-4-2-5-10-21)22-11-6-3-7-12-22/h2-7,9-16,24,34H,8,17-19,31H2,1H3,(H4,29,30,32). The number of hydrogen-bond acceptors (Lipinski definition) is 5. The molecule has 1 atom stereocenters. The van der Waals surface area contributed by atoms with Crippen molar-refractivity contribution in [1.82, 2.24) is 10.2 Å². The molecular formula is C28H33N5O3. The zero-order chi connectivity index (χ0) is 26.1. The number of phenolic OH excluding ortho intramolecular Hbond substituents is 1. The number of nitrogens with zero attached hydrogens (tertiary/aromatic N) is 1. The van der Waals surface area contributed by atoms with Crippen LogP contribution in [-0.2, 0) is 16.1 Å². The number of benzene rings is 3. The summed E-state index contributed by atoms with van der Waals surface area (Å²) in [4.78, 5) is 29.2. The smallest absolute Gasteiger partial charge is 0.249 e. The molecule has 0 aliphatic rings. The lowest BCUT2D eigenvalue weighted by Gasteiger charge is -2.33. The second kappa shape index (κ2) is 12.0. The van der Waals surface area contributed by atoms with E-state index in [2.05, 4.69) is 5.32 Å². The molecule has 188 valence electrons. The second-order valence-electron chi connectivity index (χ2n) is 9.01. The van der Waals surface area contributed by atoms with Crippen LogP contribution in [0.25, 0.3) is 0 Å². The minimum absolute atomic E-state index is 0.00655. The number of hydrogen-bond donors (Lipinski definition) is 5. The molecule has 0 aliphatic carbocycles. The van der Waals surface area contributed by atoms with Crippen LogP contribution < -0.4 is 16.8 Å². The lowest BCUT2D eigenvalue weighted by Crippen LogP contribution is -2.55. The highest BCUT2D eigenvalue weighted by molar-refractivity contribution is 6.03. The van der Waals surface area contributed by atoms with E-state index in [1.54, 1.807) is 19.1 Å². The Morgan fingerprint density at radius 3 is 2.00 bits per heavy atom. The van der Waals surface area contributed by atoms with E-state index in [4.69, 9.17) is 16.9 Å². The molecule has 0 fully saturated rings. The number of amides is 2. The van der Waals surface area contributed by atoms with Gasteiger partial charge >= 0.3 is 0 Å². The molecule has 3 aromatic rings. The number of aromatic hydroxyl groups is 1. The van der Waals surface area contributed by atoms with Gasteiger partial charge in [0.05, 0.1) is 18.0 Å². The average Bonchev–Trinajstić information content (AvgIpc) is 2.87. The van der Waals surface area contributed by atoms with Gasteiger partial charge in [-0.1, -0.05) is 72.8 Å². The summed E-state index contributed by atoms with van der Waals surface area (Å²) < 4.78 is 0. The number of phenols is 1. The normalized spacial score (nSPS) is 12.5. The van der Waals surface area contributed by atoms with Crippen LogP contribution in [0.15, 0.2) is 84.9 Å². The molecule has 0 saturated heterocycles. The number of guanidine groups is 1. The van der Waals surface area contributed by atoms with Crippen LogP contribution in [0.5, 0.6) is 5.75 Å². The molecule has 0 radical (unpaired) electrons. The van der Waals surface area contributed by atoms with E-state index in [1.165, 1.54) is 17.0 Å². The Bertz CT molecular complexity index is 1130. The highest BCUT2D eigenvalue weighted by Gasteiger charge is 2.38. The van der Waals surface area contributed by atoms with Crippen molar-refractivity contribution in [1.29, 1.82) is 5.41 Å². The van der Waals surface area contributed by atoms with Gasteiger partial charge in [0.25, 0.3) is 0 Å². The van der Waals surface area contributed by atoms with Crippen LogP contribution in [0, 0.1) is 5.41 Å². The van der Waals surface area contributed by atoms with Crippen molar-refractivity contribution in [2.75, 3.05) is 6.54 Å². The highest BCUT2D eigenvalue weighted by Crippen LogP contribution is 2.29. The molecule has 0 bridgehead atoms. The zero-order valence-electron chi connectivity index (χ0n) is 20.4. The van der Waals surface area contributed by atoms with Gasteiger partial charge in [-0.05, 0) is 48.6 Å². The first kappa shape index (κ1) is 26.4. The predicted molar refractivity (Wildman–Crippen MR) is 140 cm³/mol. The quantitative estimate of drug-likeness (QED) is 0.169. The predicted octanol–water partition coefficient (Wildman–Crippen LogP) is 3.06. The van der Waals surface area contributed by atoms with E-state index in [1.807, 2.05) is 60.7 Å². The monoisotopic (exact) mass is 487 g/mol. The molecule has 8 nitrogen and oxygen atoms in total. The lowest BCUT2D eigenvalue weighted by molar-refractivity contribution is -0.149. The number of carbonyl (C=O) groups excluding carboxylic acids is 2. The fraction of sp³-hybridized carbons (Fsp3) is 0.250. The third-order valence-electron chi connectivity index (χ3n) is 5.98. The van der Waals surface area contributed by atoms with Gasteiger partial charge in [-0.3, -0.25) is 19.9 Å². The largest absolute Gasteiger partial charge is 0.508 e. The molecule has 3 aromatic carbocycles. The van der Waals surface area contributed by atoms with Crippen molar-refractivity contribution < 1.29 is 14.7 Å². The first-order valence-electron chi connectivity index (χ1n) is 11.8. The number of imide groups is 1. The average molecular weight is 488 g/mol. The van der Waals surface area contributed by atoms with Crippen LogP contribution in [0.3, 0.4) is 0 Å². The van der Waals surface area contributed by atoms with Gasteiger partial charge in [0.2, 0.25) is 11.8 Å². The van der Waals surface area contributed by atoms with E-state index in [0.717, 1.165) is 11.1 Å². The van der Waals surface area contributed by atoms with Crippen molar-refractivity contribution >= 4 is 17.8 Å². The number of carbonyl (C=O) groups is 2. The van der Waals surface area contributed by atoms with Crippen LogP contribution in [-0.4, -0.2) is 39.9 Å². The molecule has 0 saturated carbocycles. The highest BCUT2D eigenvalue weighted by atomic mass is 16.3. The van der Waals surface area contributed by atoms with Crippen molar-refractivity contribution in [3.63, 3.8) is 0 Å². The molecule has 36 heavy (non-hydrogen) atoms. The fourth-order valence-electron chi connectivity index (χ4n) is 4.05. The number of nitrogens with one attached hydrogen (secondary N) is 2. The molecule has 8 heteroatoms. The van der Waals surface area contributed by atoms with E-state index in [0.29, 0.717) is 18.5 Å². The summed E-state index contributed by atoms with van der Waals surface area (Å²) in [7, 11) is 0. The SMILES string of the molecule is CC(N)(CCCNC(=N)N)C(=O)N(Cc1ccc(O)cc1)C(=O)C(c1ccccc1)c1ccccc1. The van der Waals surface area contributed by atoms with Crippen LogP contribution in [0.4, 0.5) is 0 Å². The van der Waals surface area contributed by atoms with Crippen molar-refractivity contribution in [3.05, 3.63) is 102 Å². The first-order valence-corrected chi connectivity index (χ1v) is 11.8. The maximum Gasteiger partial charge on any atom is 0.249 e. The van der Waals surface area contributed by atoms with Gasteiger partial charge in [0.1, 0.15) is 5.75 Å². The third kappa shape index (κ3) is 6.93. The summed E-state index contributed by atoms with van der Waals surface area (Å²) >= 11 is 0. The van der Waals surface area contributed by atoms with Gasteiger partial charge < -0.3 is 21.9 Å². The topological polar surface area (TPSA) is 146 Å². The van der Waals surface area contributed by atoms with Gasteiger partial charge in [-0.2, -0.15) is 0 Å². The Morgan fingerprint density at radius 1 is 0.972 bits per heavy atom. The Balaban J connectivity index is 1.97. The lowest BCUT2D eigenvalue weighted by atomic mass is 9.88. The number of nitrogens with two attached hydrogens (primary N) is 2. The van der Waals surface area contributed by atoms with Crippen molar-refractivity contribution in [3.8, 4) is 5.75 Å². The van der Waals surface area contributed by atoms with Crippen molar-refractivity contribution in [2.45, 2.75) is 37.8 Å². The van der Waals surface area contributed by atoms with Gasteiger partial charge in [0.15, 0.2) is 5.96 Å². The van der Waals surface area contributed by atoms with E-state index in [9.17, 15) is 14.7 Å². The molecule has 0 aromatic heterocycles. The molecule has 2 amide bonds. The summed E-state index contributed by atoms with van der Waals surface area (Å²) in [5.41, 5.74) is 12.7. The van der Waals surface area contributed by atoms with Gasteiger partial charge in [-0.25, -0.2) is 0 Å². The zero-order valence-corrected chi connectivity index (χ0v) is 20.4. The van der Waals surface area contributed by atoms with Crippen LogP contribution in [0.2, 0.25) is 0 Å². The minimum Gasteiger partial charge on any atom is -0.508 e. The maximum atomic E-state index is 14.2. The van der Waals surface area contributed by atoms with Gasteiger partial charge in [0, 0.05) is 6.54 Å². The minimum atomic E-state index is -1.33. The Hall–Kier alpha value is -4.17. The fourth-order valence-corrected chi connectivity index (χ4v) is 4.05. The van der Waals surface area contributed by atoms with Crippen LogP contribution >= 0.6 is 0 Å². The Kier molecular flexibility index (Phi) is 8.81. The Labute approximate surface area is 211 Å². The summed E-state index contributed by atoms with van der Waals surface area (Å²) in [6.45, 7) is 2.00. The first-order chi connectivity index (χ1) is 17.2. The van der Waals surface area contributed by atoms with E-state index < -0.39 is 17.4 Å². The molecule has 0 spiro atoms. The summed E-state index contributed by atoms with van der Waals surface area (Å²) in [5, 5.41) is 19.7.